The second-order valence-electron chi connectivity index (χ2n) is 5.15. The highest BCUT2D eigenvalue weighted by molar-refractivity contribution is 5.28. The molecule has 1 atom stereocenters. The molecule has 0 aliphatic heterocycles. The van der Waals surface area contributed by atoms with Gasteiger partial charge in [0.05, 0.1) is 0 Å². The molecule has 2 aromatic carbocycles. The number of aryl methyl sites for hydroxylation is 2. The monoisotopic (exact) mass is 257 g/mol. The van der Waals surface area contributed by atoms with Crippen molar-refractivity contribution in [2.24, 2.45) is 0 Å². The van der Waals surface area contributed by atoms with Gasteiger partial charge in [-0.1, -0.05) is 41.5 Å². The molecule has 0 saturated heterocycles. The van der Waals surface area contributed by atoms with Crippen LogP contribution < -0.4 is 5.32 Å². The molecule has 0 amide bonds. The SMILES string of the molecule is Cc1cc(C)cc(CN[C@@H](C)c2cccc(F)c2)c1. The Bertz CT molecular complexity index is 543. The summed E-state index contributed by atoms with van der Waals surface area (Å²) in [5, 5.41) is 3.43. The minimum absolute atomic E-state index is 0.136. The summed E-state index contributed by atoms with van der Waals surface area (Å²) in [6.45, 7) is 7.05. The molecule has 0 unspecified atom stereocenters. The fourth-order valence-corrected chi connectivity index (χ4v) is 2.34. The van der Waals surface area contributed by atoms with Crippen LogP contribution in [0, 0.1) is 19.7 Å². The van der Waals surface area contributed by atoms with Gasteiger partial charge in [-0.15, -0.1) is 0 Å². The molecule has 0 bridgehead atoms. The van der Waals surface area contributed by atoms with Crippen LogP contribution >= 0.6 is 0 Å². The average Bonchev–Trinajstić information content (AvgIpc) is 2.35. The number of hydrogen-bond donors (Lipinski definition) is 1. The van der Waals surface area contributed by atoms with E-state index in [0.29, 0.717) is 0 Å². The van der Waals surface area contributed by atoms with Crippen LogP contribution in [0.2, 0.25) is 0 Å². The fraction of sp³-hybridized carbons (Fsp3) is 0.294. The van der Waals surface area contributed by atoms with Gasteiger partial charge in [0.1, 0.15) is 5.82 Å². The lowest BCUT2D eigenvalue weighted by atomic mass is 10.1. The van der Waals surface area contributed by atoms with E-state index in [1.165, 1.54) is 22.8 Å². The molecule has 2 rings (SSSR count). The van der Waals surface area contributed by atoms with Gasteiger partial charge in [0.15, 0.2) is 0 Å². The highest BCUT2D eigenvalue weighted by atomic mass is 19.1. The second kappa shape index (κ2) is 5.98. The Hall–Kier alpha value is -1.67. The van der Waals surface area contributed by atoms with E-state index in [1.54, 1.807) is 12.1 Å². The van der Waals surface area contributed by atoms with Crippen molar-refractivity contribution in [1.29, 1.82) is 0 Å². The smallest absolute Gasteiger partial charge is 0.123 e. The minimum atomic E-state index is -0.183. The maximum absolute atomic E-state index is 13.2. The number of halogens is 1. The molecular weight excluding hydrogens is 237 g/mol. The normalized spacial score (nSPS) is 12.4. The fourth-order valence-electron chi connectivity index (χ4n) is 2.34. The van der Waals surface area contributed by atoms with Crippen LogP contribution in [-0.2, 0) is 6.54 Å². The zero-order valence-corrected chi connectivity index (χ0v) is 11.7. The van der Waals surface area contributed by atoms with E-state index >= 15 is 0 Å². The van der Waals surface area contributed by atoms with Crippen molar-refractivity contribution in [1.82, 2.24) is 5.32 Å². The molecule has 0 fully saturated rings. The molecule has 19 heavy (non-hydrogen) atoms. The summed E-state index contributed by atoms with van der Waals surface area (Å²) in [7, 11) is 0. The third-order valence-corrected chi connectivity index (χ3v) is 3.24. The Kier molecular flexibility index (Phi) is 4.33. The van der Waals surface area contributed by atoms with Gasteiger partial charge in [-0.3, -0.25) is 0 Å². The first-order valence-electron chi connectivity index (χ1n) is 6.60. The summed E-state index contributed by atoms with van der Waals surface area (Å²) in [6, 6.07) is 13.4. The lowest BCUT2D eigenvalue weighted by molar-refractivity contribution is 0.565. The first kappa shape index (κ1) is 13.8. The molecule has 0 radical (unpaired) electrons. The first-order valence-corrected chi connectivity index (χ1v) is 6.60. The highest BCUT2D eigenvalue weighted by Gasteiger charge is 2.06. The number of rotatable bonds is 4. The molecule has 1 N–H and O–H groups in total. The van der Waals surface area contributed by atoms with Gasteiger partial charge in [0.2, 0.25) is 0 Å². The van der Waals surface area contributed by atoms with Gasteiger partial charge < -0.3 is 5.32 Å². The van der Waals surface area contributed by atoms with E-state index in [0.717, 1.165) is 12.1 Å². The molecule has 2 aromatic rings. The van der Waals surface area contributed by atoms with E-state index in [9.17, 15) is 4.39 Å². The van der Waals surface area contributed by atoms with Gasteiger partial charge in [-0.25, -0.2) is 4.39 Å². The van der Waals surface area contributed by atoms with Crippen molar-refractivity contribution >= 4 is 0 Å². The van der Waals surface area contributed by atoms with Gasteiger partial charge in [0, 0.05) is 12.6 Å². The number of benzene rings is 2. The summed E-state index contributed by atoms with van der Waals surface area (Å²) in [5.41, 5.74) is 4.79. The quantitative estimate of drug-likeness (QED) is 0.861. The van der Waals surface area contributed by atoms with E-state index < -0.39 is 0 Å². The Morgan fingerprint density at radius 3 is 2.37 bits per heavy atom. The van der Waals surface area contributed by atoms with Crippen molar-refractivity contribution in [3.8, 4) is 0 Å². The van der Waals surface area contributed by atoms with Crippen molar-refractivity contribution in [2.75, 3.05) is 0 Å². The Morgan fingerprint density at radius 2 is 1.74 bits per heavy atom. The van der Waals surface area contributed by atoms with Crippen LogP contribution in [0.4, 0.5) is 4.39 Å². The molecule has 100 valence electrons. The third kappa shape index (κ3) is 3.90. The summed E-state index contributed by atoms with van der Waals surface area (Å²) >= 11 is 0. The van der Waals surface area contributed by atoms with Crippen LogP contribution in [0.1, 0.15) is 35.2 Å². The van der Waals surface area contributed by atoms with E-state index in [1.807, 2.05) is 6.07 Å². The molecule has 0 aromatic heterocycles. The first-order chi connectivity index (χ1) is 9.04. The average molecular weight is 257 g/mol. The molecule has 0 aliphatic carbocycles. The van der Waals surface area contributed by atoms with Crippen molar-refractivity contribution in [3.05, 3.63) is 70.5 Å². The summed E-state index contributed by atoms with van der Waals surface area (Å²) in [5.74, 6) is -0.183. The van der Waals surface area contributed by atoms with E-state index in [2.05, 4.69) is 44.3 Å². The predicted octanol–water partition coefficient (Wildman–Crippen LogP) is 4.29. The van der Waals surface area contributed by atoms with Crippen LogP contribution in [0.5, 0.6) is 0 Å². The Morgan fingerprint density at radius 1 is 1.05 bits per heavy atom. The molecule has 0 spiro atoms. The lowest BCUT2D eigenvalue weighted by Gasteiger charge is -2.15. The standard InChI is InChI=1S/C17H20FN/c1-12-7-13(2)9-15(8-12)11-19-14(3)16-5-4-6-17(18)10-16/h4-10,14,19H,11H2,1-3H3/t14-/m0/s1. The van der Waals surface area contributed by atoms with Gasteiger partial charge in [-0.2, -0.15) is 0 Å². The number of nitrogens with one attached hydrogen (secondary N) is 1. The van der Waals surface area contributed by atoms with Crippen LogP contribution in [0.15, 0.2) is 42.5 Å². The van der Waals surface area contributed by atoms with Gasteiger partial charge in [-0.05, 0) is 44.0 Å². The molecule has 0 aliphatic rings. The topological polar surface area (TPSA) is 12.0 Å². The molecule has 0 heterocycles. The largest absolute Gasteiger partial charge is 0.306 e. The van der Waals surface area contributed by atoms with Crippen LogP contribution in [-0.4, -0.2) is 0 Å². The van der Waals surface area contributed by atoms with E-state index in [-0.39, 0.29) is 11.9 Å². The van der Waals surface area contributed by atoms with Crippen LogP contribution in [0.25, 0.3) is 0 Å². The minimum Gasteiger partial charge on any atom is -0.306 e. The summed E-state index contributed by atoms with van der Waals surface area (Å²) in [4.78, 5) is 0. The number of hydrogen-bond acceptors (Lipinski definition) is 1. The van der Waals surface area contributed by atoms with Gasteiger partial charge >= 0.3 is 0 Å². The summed E-state index contributed by atoms with van der Waals surface area (Å²) in [6.07, 6.45) is 0. The van der Waals surface area contributed by atoms with E-state index in [4.69, 9.17) is 0 Å². The summed E-state index contributed by atoms with van der Waals surface area (Å²) < 4.78 is 13.2. The zero-order valence-electron chi connectivity index (χ0n) is 11.7. The molecule has 2 heteroatoms. The van der Waals surface area contributed by atoms with Crippen molar-refractivity contribution < 1.29 is 4.39 Å². The Balaban J connectivity index is 2.02. The maximum atomic E-state index is 13.2. The maximum Gasteiger partial charge on any atom is 0.123 e. The zero-order chi connectivity index (χ0) is 13.8. The third-order valence-electron chi connectivity index (χ3n) is 3.24. The van der Waals surface area contributed by atoms with Gasteiger partial charge in [0.25, 0.3) is 0 Å². The van der Waals surface area contributed by atoms with Crippen molar-refractivity contribution in [3.63, 3.8) is 0 Å². The predicted molar refractivity (Wildman–Crippen MR) is 77.6 cm³/mol. The van der Waals surface area contributed by atoms with Crippen LogP contribution in [0.3, 0.4) is 0 Å². The van der Waals surface area contributed by atoms with Crippen molar-refractivity contribution in [2.45, 2.75) is 33.4 Å². The molecule has 0 saturated carbocycles. The molecule has 1 nitrogen and oxygen atoms in total. The highest BCUT2D eigenvalue weighted by Crippen LogP contribution is 2.15. The Labute approximate surface area is 114 Å². The lowest BCUT2D eigenvalue weighted by Crippen LogP contribution is -2.18. The second-order valence-corrected chi connectivity index (χ2v) is 5.15. The molecular formula is C17H20FN.